The zero-order valence-corrected chi connectivity index (χ0v) is 13.2. The normalized spacial score (nSPS) is 15.9. The highest BCUT2D eigenvalue weighted by Gasteiger charge is 2.15. The van der Waals surface area contributed by atoms with Gasteiger partial charge in [-0.3, -0.25) is 0 Å². The third kappa shape index (κ3) is 3.81. The molecule has 2 aromatic rings. The lowest BCUT2D eigenvalue weighted by Crippen LogP contribution is -2.43. The van der Waals surface area contributed by atoms with E-state index in [-0.39, 0.29) is 6.03 Å². The van der Waals surface area contributed by atoms with Crippen LogP contribution >= 0.6 is 0 Å². The molecule has 4 heteroatoms. The maximum Gasteiger partial charge on any atom is 0.315 e. The molecule has 1 aromatic carbocycles. The van der Waals surface area contributed by atoms with Crippen molar-refractivity contribution in [2.45, 2.75) is 51.5 Å². The Bertz CT molecular complexity index is 641. The minimum absolute atomic E-state index is 0.0227. The summed E-state index contributed by atoms with van der Waals surface area (Å²) in [6.07, 6.45) is 6.88. The smallest absolute Gasteiger partial charge is 0.315 e. The lowest BCUT2D eigenvalue weighted by Gasteiger charge is -2.22. The second-order valence-corrected chi connectivity index (χ2v) is 6.36. The number of aromatic amines is 1. The Balaban J connectivity index is 1.45. The SMILES string of the molecule is Cc1cc2cc(CCNC(=O)NC3CCCCC3)ccc2[nH]1. The summed E-state index contributed by atoms with van der Waals surface area (Å²) in [6, 6.07) is 8.93. The van der Waals surface area contributed by atoms with Gasteiger partial charge < -0.3 is 15.6 Å². The highest BCUT2D eigenvalue weighted by Crippen LogP contribution is 2.18. The molecule has 1 heterocycles. The number of carbonyl (C=O) groups excluding carboxylic acids is 1. The number of H-pyrrole nitrogens is 1. The number of nitrogens with one attached hydrogen (secondary N) is 3. The van der Waals surface area contributed by atoms with Gasteiger partial charge in [0.2, 0.25) is 0 Å². The fourth-order valence-electron chi connectivity index (χ4n) is 3.29. The van der Waals surface area contributed by atoms with Crippen LogP contribution in [0.2, 0.25) is 0 Å². The summed E-state index contributed by atoms with van der Waals surface area (Å²) in [7, 11) is 0. The second-order valence-electron chi connectivity index (χ2n) is 6.36. The maximum absolute atomic E-state index is 11.9. The molecule has 0 spiro atoms. The Labute approximate surface area is 131 Å². The molecule has 0 radical (unpaired) electrons. The van der Waals surface area contributed by atoms with Crippen LogP contribution in [0, 0.1) is 6.92 Å². The van der Waals surface area contributed by atoms with E-state index in [1.807, 2.05) is 0 Å². The van der Waals surface area contributed by atoms with E-state index in [1.54, 1.807) is 0 Å². The van der Waals surface area contributed by atoms with Crippen molar-refractivity contribution < 1.29 is 4.79 Å². The summed E-state index contributed by atoms with van der Waals surface area (Å²) in [5.74, 6) is 0. The van der Waals surface area contributed by atoms with Gasteiger partial charge in [-0.1, -0.05) is 25.3 Å². The molecule has 118 valence electrons. The molecule has 4 nitrogen and oxygen atoms in total. The molecule has 1 fully saturated rings. The third-order valence-electron chi connectivity index (χ3n) is 4.46. The molecule has 3 N–H and O–H groups in total. The van der Waals surface area contributed by atoms with Crippen LogP contribution in [0.3, 0.4) is 0 Å². The molecule has 1 aliphatic rings. The van der Waals surface area contributed by atoms with Crippen LogP contribution in [-0.4, -0.2) is 23.6 Å². The Morgan fingerprint density at radius 3 is 2.86 bits per heavy atom. The summed E-state index contributed by atoms with van der Waals surface area (Å²) >= 11 is 0. The third-order valence-corrected chi connectivity index (χ3v) is 4.46. The number of amides is 2. The molecule has 0 aliphatic heterocycles. The van der Waals surface area contributed by atoms with Gasteiger partial charge >= 0.3 is 6.03 Å². The average Bonchev–Trinajstić information content (AvgIpc) is 2.87. The average molecular weight is 299 g/mol. The van der Waals surface area contributed by atoms with Crippen LogP contribution in [0.1, 0.15) is 43.4 Å². The summed E-state index contributed by atoms with van der Waals surface area (Å²) in [5, 5.41) is 7.29. The molecule has 2 amide bonds. The molecule has 0 unspecified atom stereocenters. The Kier molecular flexibility index (Phi) is 4.66. The predicted molar refractivity (Wildman–Crippen MR) is 90.1 cm³/mol. The lowest BCUT2D eigenvalue weighted by molar-refractivity contribution is 0.233. The first kappa shape index (κ1) is 14.9. The number of carbonyl (C=O) groups is 1. The van der Waals surface area contributed by atoms with Gasteiger partial charge in [-0.2, -0.15) is 0 Å². The van der Waals surface area contributed by atoms with E-state index < -0.39 is 0 Å². The Morgan fingerprint density at radius 1 is 1.23 bits per heavy atom. The van der Waals surface area contributed by atoms with Crippen molar-refractivity contribution in [2.75, 3.05) is 6.54 Å². The van der Waals surface area contributed by atoms with Gasteiger partial charge in [0.15, 0.2) is 0 Å². The van der Waals surface area contributed by atoms with Crippen molar-refractivity contribution in [2.24, 2.45) is 0 Å². The van der Waals surface area contributed by atoms with Crippen LogP contribution in [-0.2, 0) is 6.42 Å². The fourth-order valence-corrected chi connectivity index (χ4v) is 3.29. The summed E-state index contributed by atoms with van der Waals surface area (Å²) < 4.78 is 0. The van der Waals surface area contributed by atoms with Gasteiger partial charge in [0, 0.05) is 23.8 Å². The molecule has 0 saturated heterocycles. The van der Waals surface area contributed by atoms with Crippen molar-refractivity contribution in [3.05, 3.63) is 35.5 Å². The standard InChI is InChI=1S/C18H25N3O/c1-13-11-15-12-14(7-8-17(15)20-13)9-10-19-18(22)21-16-5-3-2-4-6-16/h7-8,11-12,16,20H,2-6,9-10H2,1H3,(H2,19,21,22). The molecule has 0 bridgehead atoms. The first-order valence-corrected chi connectivity index (χ1v) is 8.33. The summed E-state index contributed by atoms with van der Waals surface area (Å²) in [6.45, 7) is 2.74. The van der Waals surface area contributed by atoms with E-state index in [9.17, 15) is 4.79 Å². The molecule has 3 rings (SSSR count). The molecule has 1 aromatic heterocycles. The Morgan fingerprint density at radius 2 is 2.05 bits per heavy atom. The molecular weight excluding hydrogens is 274 g/mol. The van der Waals surface area contributed by atoms with Crippen molar-refractivity contribution in [1.82, 2.24) is 15.6 Å². The van der Waals surface area contributed by atoms with E-state index in [0.717, 1.165) is 19.3 Å². The monoisotopic (exact) mass is 299 g/mol. The van der Waals surface area contributed by atoms with E-state index >= 15 is 0 Å². The summed E-state index contributed by atoms with van der Waals surface area (Å²) in [5.41, 5.74) is 3.60. The first-order valence-electron chi connectivity index (χ1n) is 8.33. The van der Waals surface area contributed by atoms with Gasteiger partial charge in [0.1, 0.15) is 0 Å². The van der Waals surface area contributed by atoms with E-state index in [1.165, 1.54) is 41.4 Å². The minimum atomic E-state index is -0.0227. The topological polar surface area (TPSA) is 56.9 Å². The highest BCUT2D eigenvalue weighted by atomic mass is 16.2. The van der Waals surface area contributed by atoms with Gasteiger partial charge in [-0.15, -0.1) is 0 Å². The molecule has 22 heavy (non-hydrogen) atoms. The van der Waals surface area contributed by atoms with E-state index in [2.05, 4.69) is 46.8 Å². The van der Waals surface area contributed by atoms with Gasteiger partial charge in [0.25, 0.3) is 0 Å². The van der Waals surface area contributed by atoms with Crippen molar-refractivity contribution >= 4 is 16.9 Å². The van der Waals surface area contributed by atoms with Gasteiger partial charge in [0.05, 0.1) is 0 Å². The molecule has 0 atom stereocenters. The number of aromatic nitrogens is 1. The number of fused-ring (bicyclic) bond motifs is 1. The first-order chi connectivity index (χ1) is 10.7. The van der Waals surface area contributed by atoms with Crippen molar-refractivity contribution in [1.29, 1.82) is 0 Å². The lowest BCUT2D eigenvalue weighted by atomic mass is 9.96. The zero-order chi connectivity index (χ0) is 15.4. The molecule has 1 aliphatic carbocycles. The molecule has 1 saturated carbocycles. The predicted octanol–water partition coefficient (Wildman–Crippen LogP) is 3.65. The maximum atomic E-state index is 11.9. The van der Waals surface area contributed by atoms with E-state index in [4.69, 9.17) is 0 Å². The van der Waals surface area contributed by atoms with Crippen LogP contribution in [0.25, 0.3) is 10.9 Å². The van der Waals surface area contributed by atoms with Crippen LogP contribution in [0.5, 0.6) is 0 Å². The number of rotatable bonds is 4. The second kappa shape index (κ2) is 6.86. The van der Waals surface area contributed by atoms with Crippen LogP contribution in [0.4, 0.5) is 4.79 Å². The fraction of sp³-hybridized carbons (Fsp3) is 0.500. The highest BCUT2D eigenvalue weighted by molar-refractivity contribution is 5.81. The van der Waals surface area contributed by atoms with Crippen molar-refractivity contribution in [3.8, 4) is 0 Å². The van der Waals surface area contributed by atoms with Gasteiger partial charge in [-0.05, 0) is 55.3 Å². The quantitative estimate of drug-likeness (QED) is 0.793. The summed E-state index contributed by atoms with van der Waals surface area (Å²) in [4.78, 5) is 15.2. The largest absolute Gasteiger partial charge is 0.359 e. The van der Waals surface area contributed by atoms with E-state index in [0.29, 0.717) is 12.6 Å². The number of hydrogen-bond donors (Lipinski definition) is 3. The Hall–Kier alpha value is -1.97. The van der Waals surface area contributed by atoms with Crippen LogP contribution < -0.4 is 10.6 Å². The van der Waals surface area contributed by atoms with Crippen LogP contribution in [0.15, 0.2) is 24.3 Å². The minimum Gasteiger partial charge on any atom is -0.359 e. The number of benzene rings is 1. The van der Waals surface area contributed by atoms with Crippen molar-refractivity contribution in [3.63, 3.8) is 0 Å². The number of hydrogen-bond acceptors (Lipinski definition) is 1. The van der Waals surface area contributed by atoms with Gasteiger partial charge in [-0.25, -0.2) is 4.79 Å². The zero-order valence-electron chi connectivity index (χ0n) is 13.2. The number of aryl methyl sites for hydroxylation is 1. The number of urea groups is 1. The molecular formula is C18H25N3O.